The first-order valence-electron chi connectivity index (χ1n) is 6.57. The number of hydrogen-bond donors (Lipinski definition) is 0. The lowest BCUT2D eigenvalue weighted by atomic mass is 10.1. The monoisotopic (exact) mass is 351 g/mol. The van der Waals surface area contributed by atoms with Crippen molar-refractivity contribution < 1.29 is 9.53 Å². The summed E-state index contributed by atoms with van der Waals surface area (Å²) in [5.41, 5.74) is 0.919. The highest BCUT2D eigenvalue weighted by Crippen LogP contribution is 2.24. The maximum absolute atomic E-state index is 12.1. The number of fused-ring (bicyclic) bond motifs is 1. The van der Waals surface area contributed by atoms with Crippen molar-refractivity contribution in [1.29, 1.82) is 5.26 Å². The third kappa shape index (κ3) is 3.00. The Morgan fingerprint density at radius 2 is 1.64 bits per heavy atom. The SMILES string of the molecule is N#Cc1ccc(C(=O)Oc2ccc3cc(Br)ccc3c2)cc1. The Morgan fingerprint density at radius 1 is 0.955 bits per heavy atom. The Balaban J connectivity index is 1.84. The van der Waals surface area contributed by atoms with E-state index in [1.54, 1.807) is 30.3 Å². The minimum absolute atomic E-state index is 0.412. The molecule has 0 fully saturated rings. The Kier molecular flexibility index (Phi) is 3.90. The van der Waals surface area contributed by atoms with E-state index >= 15 is 0 Å². The molecule has 0 saturated heterocycles. The second kappa shape index (κ2) is 6.00. The average Bonchev–Trinajstić information content (AvgIpc) is 2.55. The maximum Gasteiger partial charge on any atom is 0.343 e. The maximum atomic E-state index is 12.1. The van der Waals surface area contributed by atoms with E-state index in [1.165, 1.54) is 0 Å². The molecule has 0 aromatic heterocycles. The van der Waals surface area contributed by atoms with Crippen LogP contribution in [0.5, 0.6) is 5.75 Å². The van der Waals surface area contributed by atoms with Crippen molar-refractivity contribution in [2.75, 3.05) is 0 Å². The highest BCUT2D eigenvalue weighted by molar-refractivity contribution is 9.10. The molecule has 0 saturated carbocycles. The lowest BCUT2D eigenvalue weighted by Crippen LogP contribution is -2.08. The van der Waals surface area contributed by atoms with E-state index in [-0.39, 0.29) is 0 Å². The molecule has 0 spiro atoms. The number of hydrogen-bond acceptors (Lipinski definition) is 3. The molecule has 0 bridgehead atoms. The van der Waals surface area contributed by atoms with Crippen molar-refractivity contribution in [2.24, 2.45) is 0 Å². The number of carbonyl (C=O) groups excluding carboxylic acids is 1. The topological polar surface area (TPSA) is 50.1 Å². The molecule has 3 rings (SSSR count). The molecule has 106 valence electrons. The van der Waals surface area contributed by atoms with Crippen molar-refractivity contribution in [1.82, 2.24) is 0 Å². The lowest BCUT2D eigenvalue weighted by molar-refractivity contribution is 0.0735. The van der Waals surface area contributed by atoms with Crippen LogP contribution in [0.1, 0.15) is 15.9 Å². The minimum atomic E-state index is -0.444. The number of carbonyl (C=O) groups is 1. The van der Waals surface area contributed by atoms with Crippen LogP contribution in [0.4, 0.5) is 0 Å². The molecule has 0 aliphatic carbocycles. The zero-order chi connectivity index (χ0) is 15.5. The van der Waals surface area contributed by atoms with Crippen LogP contribution in [-0.4, -0.2) is 5.97 Å². The van der Waals surface area contributed by atoms with E-state index in [1.807, 2.05) is 36.4 Å². The summed E-state index contributed by atoms with van der Waals surface area (Å²) in [5, 5.41) is 10.8. The van der Waals surface area contributed by atoms with E-state index < -0.39 is 5.97 Å². The highest BCUT2D eigenvalue weighted by Gasteiger charge is 2.09. The van der Waals surface area contributed by atoms with Crippen molar-refractivity contribution in [3.8, 4) is 11.8 Å². The third-order valence-corrected chi connectivity index (χ3v) is 3.73. The summed E-state index contributed by atoms with van der Waals surface area (Å²) in [6.07, 6.45) is 0. The first kappa shape index (κ1) is 14.3. The normalized spacial score (nSPS) is 10.2. The van der Waals surface area contributed by atoms with Gasteiger partial charge in [0.1, 0.15) is 5.75 Å². The summed E-state index contributed by atoms with van der Waals surface area (Å²) in [7, 11) is 0. The molecule has 0 heterocycles. The van der Waals surface area contributed by atoms with Gasteiger partial charge in [0, 0.05) is 4.47 Å². The summed E-state index contributed by atoms with van der Waals surface area (Å²) >= 11 is 3.43. The number of nitrogens with zero attached hydrogens (tertiary/aromatic N) is 1. The zero-order valence-electron chi connectivity index (χ0n) is 11.4. The molecule has 0 amide bonds. The second-order valence-electron chi connectivity index (χ2n) is 4.73. The average molecular weight is 352 g/mol. The fourth-order valence-electron chi connectivity index (χ4n) is 2.10. The van der Waals surface area contributed by atoms with Gasteiger partial charge in [-0.05, 0) is 59.3 Å². The van der Waals surface area contributed by atoms with Crippen LogP contribution >= 0.6 is 15.9 Å². The number of halogens is 1. The quantitative estimate of drug-likeness (QED) is 0.496. The Morgan fingerprint density at radius 3 is 2.36 bits per heavy atom. The number of nitriles is 1. The van der Waals surface area contributed by atoms with Gasteiger partial charge in [0.25, 0.3) is 0 Å². The highest BCUT2D eigenvalue weighted by atomic mass is 79.9. The molecule has 0 N–H and O–H groups in total. The summed E-state index contributed by atoms with van der Waals surface area (Å²) < 4.78 is 6.38. The van der Waals surface area contributed by atoms with Crippen LogP contribution in [0.2, 0.25) is 0 Å². The fourth-order valence-corrected chi connectivity index (χ4v) is 2.48. The van der Waals surface area contributed by atoms with E-state index in [0.29, 0.717) is 16.9 Å². The first-order valence-corrected chi connectivity index (χ1v) is 7.37. The summed E-state index contributed by atoms with van der Waals surface area (Å²) in [4.78, 5) is 12.1. The molecule has 0 radical (unpaired) electrons. The fraction of sp³-hybridized carbons (Fsp3) is 0. The van der Waals surface area contributed by atoms with Crippen LogP contribution in [0.3, 0.4) is 0 Å². The summed E-state index contributed by atoms with van der Waals surface area (Å²) in [5.74, 6) is 0.0464. The van der Waals surface area contributed by atoms with Gasteiger partial charge >= 0.3 is 5.97 Å². The Bertz CT molecular complexity index is 895. The predicted octanol–water partition coefficient (Wildman–Crippen LogP) is 4.69. The third-order valence-electron chi connectivity index (χ3n) is 3.23. The molecule has 22 heavy (non-hydrogen) atoms. The van der Waals surface area contributed by atoms with Crippen molar-refractivity contribution >= 4 is 32.7 Å². The molecule has 4 heteroatoms. The standard InChI is InChI=1S/C18H10BrNO2/c19-16-7-5-15-10-17(8-6-14(15)9-16)22-18(21)13-3-1-12(11-20)2-4-13/h1-10H. The zero-order valence-corrected chi connectivity index (χ0v) is 13.0. The lowest BCUT2D eigenvalue weighted by Gasteiger charge is -2.06. The Hall–Kier alpha value is -2.64. The molecule has 0 atom stereocenters. The number of esters is 1. The van der Waals surface area contributed by atoms with Gasteiger partial charge in [-0.3, -0.25) is 0 Å². The van der Waals surface area contributed by atoms with Gasteiger partial charge in [0.2, 0.25) is 0 Å². The minimum Gasteiger partial charge on any atom is -0.423 e. The number of rotatable bonds is 2. The van der Waals surface area contributed by atoms with E-state index in [2.05, 4.69) is 15.9 Å². The van der Waals surface area contributed by atoms with Crippen LogP contribution in [-0.2, 0) is 0 Å². The smallest absolute Gasteiger partial charge is 0.343 e. The summed E-state index contributed by atoms with van der Waals surface area (Å²) in [6.45, 7) is 0. The molecular weight excluding hydrogens is 342 g/mol. The van der Waals surface area contributed by atoms with Crippen molar-refractivity contribution in [2.45, 2.75) is 0 Å². The molecule has 3 nitrogen and oxygen atoms in total. The summed E-state index contributed by atoms with van der Waals surface area (Å²) in [6, 6.07) is 19.7. The molecular formula is C18H10BrNO2. The van der Waals surface area contributed by atoms with Crippen LogP contribution < -0.4 is 4.74 Å². The van der Waals surface area contributed by atoms with Gasteiger partial charge in [0.15, 0.2) is 0 Å². The molecule has 3 aromatic carbocycles. The van der Waals surface area contributed by atoms with Gasteiger partial charge in [-0.25, -0.2) is 4.79 Å². The predicted molar refractivity (Wildman–Crippen MR) is 87.8 cm³/mol. The largest absolute Gasteiger partial charge is 0.423 e. The van der Waals surface area contributed by atoms with Crippen molar-refractivity contribution in [3.05, 3.63) is 76.3 Å². The van der Waals surface area contributed by atoms with Gasteiger partial charge in [-0.1, -0.05) is 28.1 Å². The van der Waals surface area contributed by atoms with Gasteiger partial charge in [-0.15, -0.1) is 0 Å². The van der Waals surface area contributed by atoms with Gasteiger partial charge in [0.05, 0.1) is 17.2 Å². The first-order chi connectivity index (χ1) is 10.7. The molecule has 0 aliphatic heterocycles. The molecule has 0 unspecified atom stereocenters. The number of ether oxygens (including phenoxy) is 1. The number of benzene rings is 3. The van der Waals surface area contributed by atoms with Crippen LogP contribution in [0.15, 0.2) is 65.1 Å². The molecule has 0 aliphatic rings. The molecule has 3 aromatic rings. The van der Waals surface area contributed by atoms with E-state index in [4.69, 9.17) is 10.00 Å². The van der Waals surface area contributed by atoms with Crippen molar-refractivity contribution in [3.63, 3.8) is 0 Å². The van der Waals surface area contributed by atoms with Crippen LogP contribution in [0.25, 0.3) is 10.8 Å². The van der Waals surface area contributed by atoms with E-state index in [0.717, 1.165) is 15.2 Å². The van der Waals surface area contributed by atoms with Gasteiger partial charge < -0.3 is 4.74 Å². The second-order valence-corrected chi connectivity index (χ2v) is 5.65. The van der Waals surface area contributed by atoms with Gasteiger partial charge in [-0.2, -0.15) is 5.26 Å². The Labute approximate surface area is 135 Å². The van der Waals surface area contributed by atoms with Crippen LogP contribution in [0, 0.1) is 11.3 Å². The van der Waals surface area contributed by atoms with E-state index in [9.17, 15) is 4.79 Å².